The van der Waals surface area contributed by atoms with Crippen LogP contribution < -0.4 is 0 Å². The molecule has 1 fully saturated rings. The smallest absolute Gasteiger partial charge is 0.307 e. The van der Waals surface area contributed by atoms with E-state index < -0.39 is 5.97 Å². The first-order valence-electron chi connectivity index (χ1n) is 5.54. The van der Waals surface area contributed by atoms with Gasteiger partial charge in [-0.1, -0.05) is 0 Å². The number of nitrogens with zero attached hydrogens (tertiary/aromatic N) is 2. The van der Waals surface area contributed by atoms with Crippen molar-refractivity contribution in [1.82, 2.24) is 9.88 Å². The summed E-state index contributed by atoms with van der Waals surface area (Å²) in [6.45, 7) is 1.53. The van der Waals surface area contributed by atoms with Gasteiger partial charge in [-0.2, -0.15) is 0 Å². The molecule has 1 aliphatic heterocycles. The maximum Gasteiger partial charge on any atom is 0.307 e. The highest BCUT2D eigenvalue weighted by Crippen LogP contribution is 2.17. The van der Waals surface area contributed by atoms with Crippen molar-refractivity contribution in [2.24, 2.45) is 5.92 Å². The van der Waals surface area contributed by atoms with Crippen LogP contribution in [0.15, 0.2) is 11.6 Å². The molecule has 0 radical (unpaired) electrons. The molecule has 0 amide bonds. The molecule has 1 aromatic heterocycles. The molecule has 1 aromatic rings. The highest BCUT2D eigenvalue weighted by atomic mass is 32.1. The van der Waals surface area contributed by atoms with Crippen LogP contribution >= 0.6 is 11.3 Å². The minimum Gasteiger partial charge on any atom is -0.481 e. The van der Waals surface area contributed by atoms with E-state index in [4.69, 9.17) is 5.11 Å². The number of Topliss-reactive ketones (excluding diaryl/α,β-unsaturated/α-hetero) is 1. The van der Waals surface area contributed by atoms with Crippen molar-refractivity contribution >= 4 is 23.1 Å². The number of ketones is 1. The Bertz CT molecular complexity index is 405. The lowest BCUT2D eigenvalue weighted by atomic mass is 9.98. The number of aliphatic carboxylic acids is 1. The van der Waals surface area contributed by atoms with E-state index in [-0.39, 0.29) is 18.2 Å². The van der Waals surface area contributed by atoms with Crippen LogP contribution in [0.4, 0.5) is 0 Å². The molecule has 0 aromatic carbocycles. The van der Waals surface area contributed by atoms with E-state index in [0.717, 1.165) is 13.0 Å². The van der Waals surface area contributed by atoms with Gasteiger partial charge in [-0.25, -0.2) is 4.98 Å². The molecule has 5 nitrogen and oxygen atoms in total. The fourth-order valence-corrected chi connectivity index (χ4v) is 2.60. The standard InChI is InChI=1S/C11H14N2O3S/c14-9(10-12-3-5-17-10)7-13-4-1-2-8(6-13)11(15)16/h3,5,8H,1-2,4,6-7H2,(H,15,16)/t8-/m1/s1. The molecule has 17 heavy (non-hydrogen) atoms. The first-order valence-corrected chi connectivity index (χ1v) is 6.42. The summed E-state index contributed by atoms with van der Waals surface area (Å²) in [5.74, 6) is -1.13. The number of aromatic nitrogens is 1. The number of carbonyl (C=O) groups is 2. The van der Waals surface area contributed by atoms with E-state index in [1.165, 1.54) is 11.3 Å². The number of carbonyl (C=O) groups excluding carboxylic acids is 1. The zero-order chi connectivity index (χ0) is 12.3. The van der Waals surface area contributed by atoms with Crippen molar-refractivity contribution in [2.45, 2.75) is 12.8 Å². The molecular weight excluding hydrogens is 240 g/mol. The highest BCUT2D eigenvalue weighted by molar-refractivity contribution is 7.11. The molecule has 6 heteroatoms. The van der Waals surface area contributed by atoms with Gasteiger partial charge in [-0.15, -0.1) is 11.3 Å². The second-order valence-corrected chi connectivity index (χ2v) is 5.07. The predicted molar refractivity (Wildman–Crippen MR) is 63.2 cm³/mol. The molecule has 1 saturated heterocycles. The van der Waals surface area contributed by atoms with Gasteiger partial charge in [0.1, 0.15) is 0 Å². The number of piperidine rings is 1. The first kappa shape index (κ1) is 12.2. The van der Waals surface area contributed by atoms with E-state index in [1.807, 2.05) is 4.90 Å². The van der Waals surface area contributed by atoms with E-state index in [2.05, 4.69) is 4.98 Å². The van der Waals surface area contributed by atoms with Gasteiger partial charge in [-0.3, -0.25) is 14.5 Å². The summed E-state index contributed by atoms with van der Waals surface area (Å²) in [4.78, 5) is 28.6. The van der Waals surface area contributed by atoms with E-state index in [1.54, 1.807) is 11.6 Å². The Morgan fingerprint density at radius 1 is 1.59 bits per heavy atom. The van der Waals surface area contributed by atoms with Crippen LogP contribution in [-0.4, -0.2) is 46.4 Å². The Hall–Kier alpha value is -1.27. The number of carboxylic acids is 1. The van der Waals surface area contributed by atoms with E-state index >= 15 is 0 Å². The molecule has 2 heterocycles. The number of likely N-dealkylation sites (tertiary alicyclic amines) is 1. The molecule has 2 rings (SSSR count). The Morgan fingerprint density at radius 3 is 3.06 bits per heavy atom. The topological polar surface area (TPSA) is 70.5 Å². The van der Waals surface area contributed by atoms with Gasteiger partial charge in [0.15, 0.2) is 5.01 Å². The summed E-state index contributed by atoms with van der Waals surface area (Å²) in [6.07, 6.45) is 3.15. The first-order chi connectivity index (χ1) is 8.16. The number of rotatable bonds is 4. The third-order valence-electron chi connectivity index (χ3n) is 2.89. The summed E-state index contributed by atoms with van der Waals surface area (Å²) in [5.41, 5.74) is 0. The van der Waals surface area contributed by atoms with Gasteiger partial charge in [0.25, 0.3) is 0 Å². The van der Waals surface area contributed by atoms with Gasteiger partial charge in [0, 0.05) is 18.1 Å². The Kier molecular flexibility index (Phi) is 3.86. The fourth-order valence-electron chi connectivity index (χ4n) is 2.03. The summed E-state index contributed by atoms with van der Waals surface area (Å²) in [5, 5.41) is 11.2. The normalized spacial score (nSPS) is 21.3. The third-order valence-corrected chi connectivity index (χ3v) is 3.71. The monoisotopic (exact) mass is 254 g/mol. The fraction of sp³-hybridized carbons (Fsp3) is 0.545. The van der Waals surface area contributed by atoms with E-state index in [0.29, 0.717) is 18.0 Å². The highest BCUT2D eigenvalue weighted by Gasteiger charge is 2.26. The lowest BCUT2D eigenvalue weighted by molar-refractivity contribution is -0.143. The minimum absolute atomic E-state index is 0.0222. The third kappa shape index (κ3) is 3.10. The van der Waals surface area contributed by atoms with Crippen molar-refractivity contribution in [3.63, 3.8) is 0 Å². The lowest BCUT2D eigenvalue weighted by Crippen LogP contribution is -2.41. The van der Waals surface area contributed by atoms with Crippen LogP contribution in [0.3, 0.4) is 0 Å². The summed E-state index contributed by atoms with van der Waals surface area (Å²) < 4.78 is 0. The second-order valence-electron chi connectivity index (χ2n) is 4.17. The average molecular weight is 254 g/mol. The van der Waals surface area contributed by atoms with Crippen LogP contribution in [0.25, 0.3) is 0 Å². The Labute approximate surface area is 103 Å². The van der Waals surface area contributed by atoms with Crippen LogP contribution in [-0.2, 0) is 4.79 Å². The summed E-state index contributed by atoms with van der Waals surface area (Å²) in [6, 6.07) is 0. The number of hydrogen-bond acceptors (Lipinski definition) is 5. The molecule has 0 saturated carbocycles. The van der Waals surface area contributed by atoms with Crippen LogP contribution in [0.2, 0.25) is 0 Å². The van der Waals surface area contributed by atoms with Gasteiger partial charge in [-0.05, 0) is 19.4 Å². The van der Waals surface area contributed by atoms with Crippen LogP contribution in [0.5, 0.6) is 0 Å². The molecule has 0 spiro atoms. The maximum atomic E-state index is 11.8. The average Bonchev–Trinajstić information content (AvgIpc) is 2.82. The van der Waals surface area contributed by atoms with Crippen LogP contribution in [0.1, 0.15) is 22.6 Å². The molecule has 0 bridgehead atoms. The Balaban J connectivity index is 1.91. The van der Waals surface area contributed by atoms with E-state index in [9.17, 15) is 9.59 Å². The zero-order valence-corrected chi connectivity index (χ0v) is 10.2. The van der Waals surface area contributed by atoms with Crippen molar-refractivity contribution in [3.8, 4) is 0 Å². The minimum atomic E-state index is -0.767. The van der Waals surface area contributed by atoms with Gasteiger partial charge < -0.3 is 5.11 Å². The summed E-state index contributed by atoms with van der Waals surface area (Å²) >= 11 is 1.32. The van der Waals surface area contributed by atoms with Crippen molar-refractivity contribution in [2.75, 3.05) is 19.6 Å². The Morgan fingerprint density at radius 2 is 2.41 bits per heavy atom. The quantitative estimate of drug-likeness (QED) is 0.815. The van der Waals surface area contributed by atoms with Crippen molar-refractivity contribution < 1.29 is 14.7 Å². The SMILES string of the molecule is O=C(CN1CCC[C@@H](C(=O)O)C1)c1nccs1. The van der Waals surface area contributed by atoms with Gasteiger partial charge in [0.2, 0.25) is 5.78 Å². The lowest BCUT2D eigenvalue weighted by Gasteiger charge is -2.29. The number of hydrogen-bond donors (Lipinski definition) is 1. The molecule has 1 N–H and O–H groups in total. The second kappa shape index (κ2) is 5.37. The predicted octanol–water partition coefficient (Wildman–Crippen LogP) is 1.12. The molecule has 1 atom stereocenters. The molecular formula is C11H14N2O3S. The van der Waals surface area contributed by atoms with Crippen molar-refractivity contribution in [3.05, 3.63) is 16.6 Å². The molecule has 0 aliphatic carbocycles. The van der Waals surface area contributed by atoms with Gasteiger partial charge in [0.05, 0.1) is 12.5 Å². The molecule has 92 valence electrons. The summed E-state index contributed by atoms with van der Waals surface area (Å²) in [7, 11) is 0. The maximum absolute atomic E-state index is 11.8. The zero-order valence-electron chi connectivity index (χ0n) is 9.33. The largest absolute Gasteiger partial charge is 0.481 e. The van der Waals surface area contributed by atoms with Crippen LogP contribution in [0, 0.1) is 5.92 Å². The van der Waals surface area contributed by atoms with Crippen molar-refractivity contribution in [1.29, 1.82) is 0 Å². The molecule has 0 unspecified atom stereocenters. The number of carboxylic acid groups (broad SMARTS) is 1. The number of thiazole rings is 1. The molecule has 1 aliphatic rings. The van der Waals surface area contributed by atoms with Gasteiger partial charge >= 0.3 is 5.97 Å².